The van der Waals surface area contributed by atoms with E-state index in [1.54, 1.807) is 13.2 Å². The molecule has 1 saturated heterocycles. The van der Waals surface area contributed by atoms with Crippen LogP contribution in [-0.2, 0) is 4.74 Å². The van der Waals surface area contributed by atoms with Crippen molar-refractivity contribution < 1.29 is 9.47 Å². The van der Waals surface area contributed by atoms with Crippen molar-refractivity contribution in [1.29, 1.82) is 0 Å². The first-order valence-electron chi connectivity index (χ1n) is 6.83. The van der Waals surface area contributed by atoms with E-state index in [-0.39, 0.29) is 12.1 Å². The zero-order valence-corrected chi connectivity index (χ0v) is 12.7. The topological polar surface area (TPSA) is 59.8 Å². The van der Waals surface area contributed by atoms with Gasteiger partial charge in [-0.2, -0.15) is 0 Å². The van der Waals surface area contributed by atoms with Gasteiger partial charge in [0, 0.05) is 23.7 Å². The molecule has 1 fully saturated rings. The van der Waals surface area contributed by atoms with Crippen LogP contribution < -0.4 is 16.0 Å². The summed E-state index contributed by atoms with van der Waals surface area (Å²) in [5, 5.41) is 0.657. The molecule has 0 saturated carbocycles. The van der Waals surface area contributed by atoms with E-state index >= 15 is 0 Å². The van der Waals surface area contributed by atoms with Crippen molar-refractivity contribution in [1.82, 2.24) is 10.3 Å². The highest BCUT2D eigenvalue weighted by Gasteiger charge is 2.30. The quantitative estimate of drug-likeness (QED) is 0.638. The number of methoxy groups -OCH3 is 1. The third kappa shape index (κ3) is 3.42. The van der Waals surface area contributed by atoms with E-state index in [4.69, 9.17) is 26.9 Å². The minimum atomic E-state index is -0.155. The number of halogens is 1. The Bertz CT molecular complexity index is 444. The summed E-state index contributed by atoms with van der Waals surface area (Å²) in [6.45, 7) is 5.65. The number of hydrogen-bond donors (Lipinski definition) is 2. The molecule has 0 radical (unpaired) electrons. The molecule has 0 aromatic heterocycles. The maximum atomic E-state index is 6.09. The molecule has 1 aliphatic rings. The van der Waals surface area contributed by atoms with E-state index in [1.165, 1.54) is 0 Å². The Kier molecular flexibility index (Phi) is 5.63. The Morgan fingerprint density at radius 1 is 1.60 bits per heavy atom. The van der Waals surface area contributed by atoms with Crippen LogP contribution in [-0.4, -0.2) is 44.4 Å². The summed E-state index contributed by atoms with van der Waals surface area (Å²) in [5.74, 6) is 6.51. The normalized spacial score (nSPS) is 21.7. The van der Waals surface area contributed by atoms with E-state index in [0.717, 1.165) is 30.9 Å². The highest BCUT2D eigenvalue weighted by atomic mass is 35.5. The van der Waals surface area contributed by atoms with Crippen molar-refractivity contribution in [3.8, 4) is 5.75 Å². The van der Waals surface area contributed by atoms with Gasteiger partial charge >= 0.3 is 0 Å². The minimum absolute atomic E-state index is 0.0268. The van der Waals surface area contributed by atoms with Gasteiger partial charge in [-0.3, -0.25) is 16.2 Å². The fraction of sp³-hybridized carbons (Fsp3) is 0.571. The Labute approximate surface area is 124 Å². The zero-order chi connectivity index (χ0) is 14.5. The lowest BCUT2D eigenvalue weighted by Crippen LogP contribution is -2.49. The first-order chi connectivity index (χ1) is 9.69. The molecule has 1 aromatic carbocycles. The maximum absolute atomic E-state index is 6.09. The molecule has 112 valence electrons. The van der Waals surface area contributed by atoms with Gasteiger partial charge < -0.3 is 9.47 Å². The number of rotatable bonds is 5. The number of nitrogens with two attached hydrogens (primary N) is 1. The predicted molar refractivity (Wildman–Crippen MR) is 79.9 cm³/mol. The number of morpholine rings is 1. The first kappa shape index (κ1) is 15.5. The van der Waals surface area contributed by atoms with E-state index in [9.17, 15) is 0 Å². The molecule has 2 atom stereocenters. The van der Waals surface area contributed by atoms with Crippen LogP contribution in [0.25, 0.3) is 0 Å². The molecule has 0 bridgehead atoms. The Morgan fingerprint density at radius 2 is 2.40 bits per heavy atom. The van der Waals surface area contributed by atoms with Crippen LogP contribution in [0.2, 0.25) is 5.02 Å². The van der Waals surface area contributed by atoms with Crippen LogP contribution in [0.5, 0.6) is 5.75 Å². The molecule has 1 aliphatic heterocycles. The summed E-state index contributed by atoms with van der Waals surface area (Å²) >= 11 is 6.09. The SMILES string of the molecule is CCN1CCOC(C(NN)c2cc(Cl)ccc2OC)C1. The molecule has 2 unspecified atom stereocenters. The van der Waals surface area contributed by atoms with Gasteiger partial charge in [0.05, 0.1) is 25.9 Å². The summed E-state index contributed by atoms with van der Waals surface area (Å²) in [5.41, 5.74) is 3.77. The second-order valence-corrected chi connectivity index (χ2v) is 5.27. The predicted octanol–water partition coefficient (Wildman–Crippen LogP) is 1.57. The largest absolute Gasteiger partial charge is 0.496 e. The molecular formula is C14H22ClN3O2. The number of hydrazine groups is 1. The van der Waals surface area contributed by atoms with Crippen molar-refractivity contribution in [3.63, 3.8) is 0 Å². The molecular weight excluding hydrogens is 278 g/mol. The molecule has 20 heavy (non-hydrogen) atoms. The molecule has 1 heterocycles. The van der Waals surface area contributed by atoms with Gasteiger partial charge in [-0.25, -0.2) is 0 Å². The molecule has 5 nitrogen and oxygen atoms in total. The molecule has 2 rings (SSSR count). The lowest BCUT2D eigenvalue weighted by molar-refractivity contribution is -0.0459. The Hall–Kier alpha value is -0.850. The number of nitrogens with one attached hydrogen (secondary N) is 1. The van der Waals surface area contributed by atoms with Crippen LogP contribution in [0, 0.1) is 0 Å². The van der Waals surface area contributed by atoms with Crippen molar-refractivity contribution in [3.05, 3.63) is 28.8 Å². The summed E-state index contributed by atoms with van der Waals surface area (Å²) in [4.78, 5) is 2.34. The number of ether oxygens (including phenoxy) is 2. The molecule has 0 spiro atoms. The van der Waals surface area contributed by atoms with Gasteiger partial charge in [-0.15, -0.1) is 0 Å². The molecule has 0 amide bonds. The third-order valence-corrected chi connectivity index (χ3v) is 3.94. The molecule has 1 aromatic rings. The van der Waals surface area contributed by atoms with Gasteiger partial charge in [-0.1, -0.05) is 18.5 Å². The average molecular weight is 300 g/mol. The van der Waals surface area contributed by atoms with Crippen molar-refractivity contribution >= 4 is 11.6 Å². The standard InChI is InChI=1S/C14H22ClN3O2/c1-3-18-6-7-20-13(9-18)14(17-16)11-8-10(15)4-5-12(11)19-2/h4-5,8,13-14,17H,3,6-7,9,16H2,1-2H3. The second-order valence-electron chi connectivity index (χ2n) is 4.83. The average Bonchev–Trinajstić information content (AvgIpc) is 2.48. The van der Waals surface area contributed by atoms with Crippen LogP contribution in [0.15, 0.2) is 18.2 Å². The minimum Gasteiger partial charge on any atom is -0.496 e. The Balaban J connectivity index is 2.25. The van der Waals surface area contributed by atoms with Crippen molar-refractivity contribution in [2.45, 2.75) is 19.1 Å². The zero-order valence-electron chi connectivity index (χ0n) is 11.9. The van der Waals surface area contributed by atoms with Gasteiger partial charge in [0.15, 0.2) is 0 Å². The van der Waals surface area contributed by atoms with Gasteiger partial charge in [0.25, 0.3) is 0 Å². The van der Waals surface area contributed by atoms with E-state index in [1.807, 2.05) is 12.1 Å². The van der Waals surface area contributed by atoms with Gasteiger partial charge in [0.1, 0.15) is 5.75 Å². The summed E-state index contributed by atoms with van der Waals surface area (Å²) in [6, 6.07) is 5.37. The van der Waals surface area contributed by atoms with E-state index in [0.29, 0.717) is 11.6 Å². The fourth-order valence-electron chi connectivity index (χ4n) is 2.57. The van der Waals surface area contributed by atoms with E-state index in [2.05, 4.69) is 17.2 Å². The smallest absolute Gasteiger partial charge is 0.123 e. The number of likely N-dealkylation sites (N-methyl/N-ethyl adjacent to an activating group) is 1. The van der Waals surface area contributed by atoms with Crippen molar-refractivity contribution in [2.24, 2.45) is 5.84 Å². The number of benzene rings is 1. The van der Waals surface area contributed by atoms with Gasteiger partial charge in [-0.05, 0) is 24.7 Å². The molecule has 0 aliphatic carbocycles. The first-order valence-corrected chi connectivity index (χ1v) is 7.21. The van der Waals surface area contributed by atoms with Crippen LogP contribution in [0.1, 0.15) is 18.5 Å². The van der Waals surface area contributed by atoms with E-state index < -0.39 is 0 Å². The number of nitrogens with zero attached hydrogens (tertiary/aromatic N) is 1. The van der Waals surface area contributed by atoms with Crippen LogP contribution >= 0.6 is 11.6 Å². The molecule has 6 heteroatoms. The second kappa shape index (κ2) is 7.24. The highest BCUT2D eigenvalue weighted by Crippen LogP contribution is 2.31. The summed E-state index contributed by atoms with van der Waals surface area (Å²) in [7, 11) is 1.64. The fourth-order valence-corrected chi connectivity index (χ4v) is 2.75. The Morgan fingerprint density at radius 3 is 3.05 bits per heavy atom. The van der Waals surface area contributed by atoms with Crippen LogP contribution in [0.3, 0.4) is 0 Å². The van der Waals surface area contributed by atoms with Crippen LogP contribution in [0.4, 0.5) is 0 Å². The molecule has 3 N–H and O–H groups in total. The monoisotopic (exact) mass is 299 g/mol. The third-order valence-electron chi connectivity index (χ3n) is 3.70. The summed E-state index contributed by atoms with van der Waals surface area (Å²) in [6.07, 6.45) is -0.0268. The van der Waals surface area contributed by atoms with Crippen molar-refractivity contribution in [2.75, 3.05) is 33.4 Å². The van der Waals surface area contributed by atoms with Gasteiger partial charge in [0.2, 0.25) is 0 Å². The highest BCUT2D eigenvalue weighted by molar-refractivity contribution is 6.30. The lowest BCUT2D eigenvalue weighted by atomic mass is 9.99. The maximum Gasteiger partial charge on any atom is 0.123 e. The summed E-state index contributed by atoms with van der Waals surface area (Å²) < 4.78 is 11.3. The number of hydrogen-bond acceptors (Lipinski definition) is 5. The lowest BCUT2D eigenvalue weighted by Gasteiger charge is -2.36.